The molecule has 0 spiro atoms. The molecule has 0 unspecified atom stereocenters. The Morgan fingerprint density at radius 2 is 1.31 bits per heavy atom. The summed E-state index contributed by atoms with van der Waals surface area (Å²) >= 11 is 0.826. The molecule has 0 aliphatic heterocycles. The van der Waals surface area contributed by atoms with Gasteiger partial charge in [-0.2, -0.15) is 21.9 Å². The number of anilines is 1. The number of nitrogens with zero attached hydrogens (tertiary/aromatic N) is 4. The number of nitrogen functional groups attached to an aromatic ring is 1. The summed E-state index contributed by atoms with van der Waals surface area (Å²) < 4.78 is 77.5. The first kappa shape index (κ1) is 39.6. The topological polar surface area (TPSA) is 282 Å². The van der Waals surface area contributed by atoms with Gasteiger partial charge in [0.2, 0.25) is 0 Å². The highest BCUT2D eigenvalue weighted by molar-refractivity contribution is 7.95. The zero-order valence-corrected chi connectivity index (χ0v) is 30.9. The fourth-order valence-electron chi connectivity index (χ4n) is 5.35. The van der Waals surface area contributed by atoms with Crippen molar-refractivity contribution in [2.24, 2.45) is 20.5 Å². The number of benzene rings is 6. The molecule has 0 aliphatic rings. The van der Waals surface area contributed by atoms with Gasteiger partial charge in [-0.1, -0.05) is 58.1 Å². The maximum Gasteiger partial charge on any atom is 0.296 e. The lowest BCUT2D eigenvalue weighted by atomic mass is 10.0. The third-order valence-corrected chi connectivity index (χ3v) is 10.7. The molecule has 55 heavy (non-hydrogen) atoms. The highest BCUT2D eigenvalue weighted by Crippen LogP contribution is 2.50. The lowest BCUT2D eigenvalue weighted by Crippen LogP contribution is -2.02. The first-order chi connectivity index (χ1) is 26.2. The molecule has 0 aromatic heterocycles. The van der Waals surface area contributed by atoms with Crippen LogP contribution in [0.15, 0.2) is 131 Å². The number of phenolic OH excluding ortho intramolecular Hbond substituents is 1. The number of hydrogen-bond donors (Lipinski definition) is 6. The van der Waals surface area contributed by atoms with Crippen molar-refractivity contribution in [2.45, 2.75) is 26.5 Å². The predicted octanol–water partition coefficient (Wildman–Crippen LogP) is 9.44. The molecule has 0 amide bonds. The Kier molecular flexibility index (Phi) is 11.8. The molecule has 284 valence electrons. The van der Waals surface area contributed by atoms with Crippen LogP contribution in [0.3, 0.4) is 0 Å². The van der Waals surface area contributed by atoms with Crippen LogP contribution >= 0.6 is 24.1 Å². The van der Waals surface area contributed by atoms with E-state index in [2.05, 4.69) is 39.2 Å². The summed E-state index contributed by atoms with van der Waals surface area (Å²) in [5.41, 5.74) is 8.40. The van der Waals surface area contributed by atoms with Gasteiger partial charge in [0.05, 0.1) is 56.3 Å². The van der Waals surface area contributed by atoms with E-state index in [0.29, 0.717) is 35.2 Å². The molecule has 7 N–H and O–H groups in total. The molecule has 6 rings (SSSR count). The molecule has 0 heterocycles. The first-order valence-electron chi connectivity index (χ1n) is 15.1. The van der Waals surface area contributed by atoms with Crippen molar-refractivity contribution in [3.63, 3.8) is 0 Å². The van der Waals surface area contributed by atoms with Gasteiger partial charge in [0.1, 0.15) is 16.3 Å². The standard InChI is InChI=1S/C33H25N5O13S4/c1-17-2-4-18(5-3-17)19-6-8-22(9-7-19)35-38-32-28(55(45,46)47)15-21-14-27(53-51-49-41)31(33(39)29(21)30(32)34)37-36-26-16-23(52-50-48-40)12-20-13-24(54(42,43)44)10-11-25(20)26/h2-16,39-41H,34H2,1H3,(H,42,43,44)(H,45,46,47)/b37-36+,38-35+. The van der Waals surface area contributed by atoms with E-state index in [1.807, 2.05) is 31.2 Å². The summed E-state index contributed by atoms with van der Waals surface area (Å²) in [6.07, 6.45) is 0. The highest BCUT2D eigenvalue weighted by Gasteiger charge is 2.26. The number of phenols is 1. The summed E-state index contributed by atoms with van der Waals surface area (Å²) in [4.78, 5) is -1.10. The molecule has 0 radical (unpaired) electrons. The van der Waals surface area contributed by atoms with Crippen molar-refractivity contribution in [2.75, 3.05) is 5.73 Å². The minimum Gasteiger partial charge on any atom is -0.505 e. The van der Waals surface area contributed by atoms with Gasteiger partial charge < -0.3 is 10.8 Å². The second-order valence-electron chi connectivity index (χ2n) is 11.3. The maximum absolute atomic E-state index is 12.6. The van der Waals surface area contributed by atoms with Crippen molar-refractivity contribution < 1.29 is 60.3 Å². The molecule has 0 bridgehead atoms. The van der Waals surface area contributed by atoms with Crippen LogP contribution in [0.25, 0.3) is 32.7 Å². The van der Waals surface area contributed by atoms with Crippen LogP contribution in [0.2, 0.25) is 0 Å². The SMILES string of the molecule is Cc1ccc(-c2ccc(/N=N/c3c(S(=O)(=O)O)cc4cc(SOOO)c(/N=N/c5cc(SOOO)cc6cc(S(=O)(=O)O)ccc56)c(O)c4c3N)cc2)cc1. The van der Waals surface area contributed by atoms with Crippen LogP contribution in [-0.4, -0.2) is 41.6 Å². The monoisotopic (exact) mass is 827 g/mol. The van der Waals surface area contributed by atoms with Crippen LogP contribution in [-0.2, 0) is 39.0 Å². The molecule has 22 heteroatoms. The number of rotatable bonds is 13. The van der Waals surface area contributed by atoms with E-state index in [9.17, 15) is 31.0 Å². The molecule has 18 nitrogen and oxygen atoms in total. The van der Waals surface area contributed by atoms with Gasteiger partial charge in [-0.25, -0.2) is 10.5 Å². The summed E-state index contributed by atoms with van der Waals surface area (Å²) in [6.45, 7) is 1.97. The Morgan fingerprint density at radius 1 is 0.673 bits per heavy atom. The molecule has 0 atom stereocenters. The van der Waals surface area contributed by atoms with Gasteiger partial charge in [0, 0.05) is 10.3 Å². The summed E-state index contributed by atoms with van der Waals surface area (Å²) in [5, 5.41) is 53.2. The average molecular weight is 828 g/mol. The number of fused-ring (bicyclic) bond motifs is 2. The molecule has 0 aliphatic carbocycles. The summed E-state index contributed by atoms with van der Waals surface area (Å²) in [5.74, 6) is -0.691. The van der Waals surface area contributed by atoms with Gasteiger partial charge in [-0.3, -0.25) is 9.11 Å². The van der Waals surface area contributed by atoms with Crippen LogP contribution in [0.4, 0.5) is 28.4 Å². The largest absolute Gasteiger partial charge is 0.505 e. The van der Waals surface area contributed by atoms with E-state index in [4.69, 9.17) is 16.2 Å². The number of azo groups is 2. The Balaban J connectivity index is 1.48. The highest BCUT2D eigenvalue weighted by atomic mass is 32.2. The van der Waals surface area contributed by atoms with Gasteiger partial charge >= 0.3 is 0 Å². The lowest BCUT2D eigenvalue weighted by molar-refractivity contribution is -0.432. The van der Waals surface area contributed by atoms with Gasteiger partial charge in [0.25, 0.3) is 20.2 Å². The van der Waals surface area contributed by atoms with Crippen molar-refractivity contribution in [3.05, 3.63) is 96.6 Å². The molecule has 0 fully saturated rings. The van der Waals surface area contributed by atoms with Crippen LogP contribution < -0.4 is 5.73 Å². The van der Waals surface area contributed by atoms with Crippen LogP contribution in [0.1, 0.15) is 5.56 Å². The van der Waals surface area contributed by atoms with Gasteiger partial charge in [-0.05, 0) is 77.4 Å². The number of hydrogen-bond acceptors (Lipinski definition) is 18. The Labute approximate surface area is 319 Å². The zero-order chi connectivity index (χ0) is 39.5. The van der Waals surface area contributed by atoms with E-state index >= 15 is 0 Å². The Hall–Kier alpha value is -5.08. The van der Waals surface area contributed by atoms with Gasteiger partial charge in [0.15, 0.2) is 5.75 Å². The molecule has 6 aromatic rings. The minimum atomic E-state index is -4.99. The average Bonchev–Trinajstić information content (AvgIpc) is 3.14. The summed E-state index contributed by atoms with van der Waals surface area (Å²) in [6, 6.07) is 23.3. The quantitative estimate of drug-likeness (QED) is 0.0158. The second kappa shape index (κ2) is 16.3. The van der Waals surface area contributed by atoms with E-state index in [1.165, 1.54) is 24.3 Å². The fraction of sp³-hybridized carbons (Fsp3) is 0.0303. The van der Waals surface area contributed by atoms with Crippen molar-refractivity contribution in [1.82, 2.24) is 0 Å². The van der Waals surface area contributed by atoms with Crippen molar-refractivity contribution in [3.8, 4) is 16.9 Å². The Morgan fingerprint density at radius 3 is 1.95 bits per heavy atom. The normalized spacial score (nSPS) is 12.5. The fourth-order valence-corrected chi connectivity index (χ4v) is 7.47. The predicted molar refractivity (Wildman–Crippen MR) is 200 cm³/mol. The van der Waals surface area contributed by atoms with Crippen molar-refractivity contribution in [1.29, 1.82) is 0 Å². The van der Waals surface area contributed by atoms with Crippen molar-refractivity contribution >= 4 is 94.3 Å². The first-order valence-corrected chi connectivity index (χ1v) is 19.5. The molecule has 0 saturated heterocycles. The zero-order valence-electron chi connectivity index (χ0n) is 27.7. The number of aromatic hydroxyl groups is 1. The van der Waals surface area contributed by atoms with E-state index < -0.39 is 47.2 Å². The smallest absolute Gasteiger partial charge is 0.296 e. The molecular weight excluding hydrogens is 803 g/mol. The lowest BCUT2D eigenvalue weighted by Gasteiger charge is -2.14. The second-order valence-corrected chi connectivity index (χ2v) is 15.7. The van der Waals surface area contributed by atoms with Crippen LogP contribution in [0, 0.1) is 6.92 Å². The minimum absolute atomic E-state index is 0.0378. The Bertz CT molecular complexity index is 2720. The molecular formula is C33H25N5O13S4. The van der Waals surface area contributed by atoms with E-state index in [0.717, 1.165) is 34.9 Å². The summed E-state index contributed by atoms with van der Waals surface area (Å²) in [7, 11) is -9.60. The molecule has 6 aromatic carbocycles. The van der Waals surface area contributed by atoms with E-state index in [-0.39, 0.29) is 37.3 Å². The number of nitrogens with two attached hydrogens (primary N) is 1. The van der Waals surface area contributed by atoms with E-state index in [1.54, 1.807) is 24.3 Å². The maximum atomic E-state index is 12.6. The molecule has 0 saturated carbocycles. The third-order valence-electron chi connectivity index (χ3n) is 7.86. The number of aryl methyl sites for hydroxylation is 1. The third kappa shape index (κ3) is 8.91. The van der Waals surface area contributed by atoms with Crippen LogP contribution in [0.5, 0.6) is 5.75 Å². The van der Waals surface area contributed by atoms with Gasteiger partial charge in [-0.15, -0.1) is 24.0 Å².